The van der Waals surface area contributed by atoms with Crippen molar-refractivity contribution >= 4 is 0 Å². The van der Waals surface area contributed by atoms with Gasteiger partial charge >= 0.3 is 0 Å². The highest BCUT2D eigenvalue weighted by Crippen LogP contribution is 2.17. The van der Waals surface area contributed by atoms with Gasteiger partial charge in [-0.3, -0.25) is 0 Å². The Balaban J connectivity index is 2.42. The van der Waals surface area contributed by atoms with E-state index in [0.29, 0.717) is 19.6 Å². The first-order chi connectivity index (χ1) is 5.86. The molecule has 1 aliphatic rings. The Labute approximate surface area is 73.9 Å². The van der Waals surface area contributed by atoms with Gasteiger partial charge in [0.25, 0.3) is 0 Å². The van der Waals surface area contributed by atoms with Gasteiger partial charge in [0.15, 0.2) is 0 Å². The predicted molar refractivity (Wildman–Crippen MR) is 46.0 cm³/mol. The lowest BCUT2D eigenvalue weighted by molar-refractivity contribution is 0.205. The molecule has 0 fully saturated rings. The molecular weight excluding hydrogens is 152 g/mol. The molecule has 0 aromatic rings. The van der Waals surface area contributed by atoms with E-state index in [1.165, 1.54) is 0 Å². The third-order valence-corrected chi connectivity index (χ3v) is 1.41. The predicted octanol–water partition coefficient (Wildman–Crippen LogP) is 2.12. The van der Waals surface area contributed by atoms with Crippen LogP contribution in [-0.4, -0.2) is 13.2 Å². The summed E-state index contributed by atoms with van der Waals surface area (Å²) in [6.45, 7) is 5.26. The third-order valence-electron chi connectivity index (χ3n) is 1.41. The SMILES string of the molecule is CCOC1=[C]C=C(OCC)[C]C1. The van der Waals surface area contributed by atoms with Gasteiger partial charge in [0.2, 0.25) is 0 Å². The van der Waals surface area contributed by atoms with Gasteiger partial charge in [-0.2, -0.15) is 0 Å². The van der Waals surface area contributed by atoms with Gasteiger partial charge in [0.1, 0.15) is 11.5 Å². The summed E-state index contributed by atoms with van der Waals surface area (Å²) in [7, 11) is 0. The van der Waals surface area contributed by atoms with Crippen molar-refractivity contribution in [2.75, 3.05) is 13.2 Å². The highest BCUT2D eigenvalue weighted by molar-refractivity contribution is 5.20. The number of rotatable bonds is 4. The minimum Gasteiger partial charge on any atom is -0.498 e. The van der Waals surface area contributed by atoms with E-state index in [9.17, 15) is 0 Å². The molecule has 0 aromatic carbocycles. The lowest BCUT2D eigenvalue weighted by Crippen LogP contribution is -2.01. The van der Waals surface area contributed by atoms with E-state index in [1.54, 1.807) is 6.08 Å². The number of allylic oxidation sites excluding steroid dienone is 4. The largest absolute Gasteiger partial charge is 0.498 e. The molecule has 0 spiro atoms. The molecule has 12 heavy (non-hydrogen) atoms. The van der Waals surface area contributed by atoms with Crippen LogP contribution < -0.4 is 0 Å². The van der Waals surface area contributed by atoms with Crippen molar-refractivity contribution in [2.45, 2.75) is 20.3 Å². The van der Waals surface area contributed by atoms with E-state index in [0.717, 1.165) is 11.5 Å². The zero-order valence-corrected chi connectivity index (χ0v) is 7.52. The molecular formula is C10H13O2. The number of ether oxygens (including phenoxy) is 2. The minimum atomic E-state index is 0.666. The second-order valence-corrected chi connectivity index (χ2v) is 2.30. The van der Waals surface area contributed by atoms with Crippen molar-refractivity contribution in [3.05, 3.63) is 30.1 Å². The molecule has 1 rings (SSSR count). The van der Waals surface area contributed by atoms with E-state index in [-0.39, 0.29) is 0 Å². The summed E-state index contributed by atoms with van der Waals surface area (Å²) in [5, 5.41) is 0. The molecule has 0 N–H and O–H groups in total. The van der Waals surface area contributed by atoms with Crippen molar-refractivity contribution in [1.29, 1.82) is 0 Å². The van der Waals surface area contributed by atoms with Gasteiger partial charge in [0, 0.05) is 12.5 Å². The standard InChI is InChI=1S/C10H13O2/c1-3-11-9-5-7-10(8-6-9)12-4-2/h5H,3-4,8H2,1-2H3. The smallest absolute Gasteiger partial charge is 0.105 e. The highest BCUT2D eigenvalue weighted by Gasteiger charge is 2.08. The molecule has 2 heteroatoms. The average molecular weight is 165 g/mol. The van der Waals surface area contributed by atoms with E-state index < -0.39 is 0 Å². The summed E-state index contributed by atoms with van der Waals surface area (Å²) in [4.78, 5) is 0. The molecule has 0 saturated heterocycles. The van der Waals surface area contributed by atoms with Gasteiger partial charge in [-0.25, -0.2) is 0 Å². The normalized spacial score (nSPS) is 16.5. The molecule has 3 radical (unpaired) electrons. The van der Waals surface area contributed by atoms with Crippen LogP contribution in [0.4, 0.5) is 0 Å². The van der Waals surface area contributed by atoms with E-state index in [2.05, 4.69) is 12.5 Å². The van der Waals surface area contributed by atoms with E-state index in [1.807, 2.05) is 13.8 Å². The monoisotopic (exact) mass is 165 g/mol. The molecule has 0 aliphatic heterocycles. The first kappa shape index (κ1) is 9.17. The van der Waals surface area contributed by atoms with Crippen LogP contribution in [0.25, 0.3) is 0 Å². The van der Waals surface area contributed by atoms with Crippen LogP contribution in [-0.2, 0) is 9.47 Å². The Hall–Kier alpha value is -0.920. The Bertz CT molecular complexity index is 170. The topological polar surface area (TPSA) is 18.5 Å². The maximum absolute atomic E-state index is 5.25. The van der Waals surface area contributed by atoms with Gasteiger partial charge in [-0.15, -0.1) is 0 Å². The van der Waals surface area contributed by atoms with Crippen LogP contribution in [0.1, 0.15) is 20.3 Å². The summed E-state index contributed by atoms with van der Waals surface area (Å²) < 4.78 is 10.5. The molecule has 0 heterocycles. The Morgan fingerprint density at radius 2 is 2.08 bits per heavy atom. The molecule has 0 unspecified atom stereocenters. The zero-order valence-electron chi connectivity index (χ0n) is 7.52. The van der Waals surface area contributed by atoms with E-state index >= 15 is 0 Å². The summed E-state index contributed by atoms with van der Waals surface area (Å²) >= 11 is 0. The lowest BCUT2D eigenvalue weighted by Gasteiger charge is -2.13. The van der Waals surface area contributed by atoms with Crippen molar-refractivity contribution in [3.8, 4) is 0 Å². The molecule has 0 atom stereocenters. The van der Waals surface area contributed by atoms with Gasteiger partial charge in [-0.05, 0) is 19.9 Å². The fourth-order valence-corrected chi connectivity index (χ4v) is 0.931. The molecule has 0 aromatic heterocycles. The summed E-state index contributed by atoms with van der Waals surface area (Å²) in [5.41, 5.74) is 0. The molecule has 0 saturated carbocycles. The summed E-state index contributed by atoms with van der Waals surface area (Å²) in [6, 6.07) is 0. The van der Waals surface area contributed by atoms with Crippen LogP contribution in [0.3, 0.4) is 0 Å². The fourth-order valence-electron chi connectivity index (χ4n) is 0.931. The summed E-state index contributed by atoms with van der Waals surface area (Å²) in [5.74, 6) is 1.60. The molecule has 0 bridgehead atoms. The zero-order chi connectivity index (χ0) is 8.81. The molecule has 65 valence electrons. The first-order valence-electron chi connectivity index (χ1n) is 4.18. The number of hydrogen-bond acceptors (Lipinski definition) is 2. The van der Waals surface area contributed by atoms with Crippen LogP contribution in [0.2, 0.25) is 0 Å². The van der Waals surface area contributed by atoms with Crippen molar-refractivity contribution in [2.24, 2.45) is 0 Å². The van der Waals surface area contributed by atoms with Crippen molar-refractivity contribution in [3.63, 3.8) is 0 Å². The van der Waals surface area contributed by atoms with Gasteiger partial charge < -0.3 is 9.47 Å². The maximum atomic E-state index is 5.25. The molecule has 1 aliphatic carbocycles. The Kier molecular flexibility index (Phi) is 3.71. The number of hydrogen-bond donors (Lipinski definition) is 0. The fraction of sp³-hybridized carbons (Fsp3) is 0.500. The van der Waals surface area contributed by atoms with E-state index in [4.69, 9.17) is 9.47 Å². The lowest BCUT2D eigenvalue weighted by atomic mass is 10.1. The minimum absolute atomic E-state index is 0.666. The molecule has 2 nitrogen and oxygen atoms in total. The Morgan fingerprint density at radius 3 is 2.58 bits per heavy atom. The second-order valence-electron chi connectivity index (χ2n) is 2.30. The Morgan fingerprint density at radius 1 is 1.33 bits per heavy atom. The van der Waals surface area contributed by atoms with Crippen LogP contribution >= 0.6 is 0 Å². The van der Waals surface area contributed by atoms with Gasteiger partial charge in [-0.1, -0.05) is 0 Å². The van der Waals surface area contributed by atoms with Gasteiger partial charge in [0.05, 0.1) is 19.6 Å². The van der Waals surface area contributed by atoms with Crippen LogP contribution in [0.5, 0.6) is 0 Å². The second kappa shape index (κ2) is 4.86. The first-order valence-corrected chi connectivity index (χ1v) is 4.18. The molecule has 0 amide bonds. The van der Waals surface area contributed by atoms with Crippen LogP contribution in [0.15, 0.2) is 17.6 Å². The highest BCUT2D eigenvalue weighted by atomic mass is 16.5. The maximum Gasteiger partial charge on any atom is 0.105 e. The van der Waals surface area contributed by atoms with Crippen LogP contribution in [0, 0.1) is 12.5 Å². The summed E-state index contributed by atoms with van der Waals surface area (Å²) in [6.07, 6.45) is 8.50. The van der Waals surface area contributed by atoms with Crippen molar-refractivity contribution in [1.82, 2.24) is 0 Å². The quantitative estimate of drug-likeness (QED) is 0.635. The third kappa shape index (κ3) is 2.61. The average Bonchev–Trinajstić information content (AvgIpc) is 2.09. The van der Waals surface area contributed by atoms with Crippen molar-refractivity contribution < 1.29 is 9.47 Å².